The maximum Gasteiger partial charge on any atom is 0.160 e. The molecule has 0 saturated heterocycles. The molecular weight excluding hydrogens is 308 g/mol. The SMILES string of the molecule is C=CCNc1ncnc(Nc2ccc(Br)cn2)c1N. The lowest BCUT2D eigenvalue weighted by molar-refractivity contribution is 1.14. The van der Waals surface area contributed by atoms with E-state index in [1.807, 2.05) is 12.1 Å². The Morgan fingerprint density at radius 3 is 2.74 bits per heavy atom. The van der Waals surface area contributed by atoms with Crippen LogP contribution in [0.4, 0.5) is 23.1 Å². The number of hydrogen-bond donors (Lipinski definition) is 3. The molecule has 0 spiro atoms. The lowest BCUT2D eigenvalue weighted by Crippen LogP contribution is -2.08. The molecule has 0 bridgehead atoms. The standard InChI is InChI=1S/C12H13BrN6/c1-2-5-15-11-10(14)12(18-7-17-11)19-9-4-3-8(13)6-16-9/h2-4,6-7H,1,5,14H2,(H2,15,16,17,18,19). The second kappa shape index (κ2) is 6.14. The number of aromatic nitrogens is 3. The van der Waals surface area contributed by atoms with Crippen molar-refractivity contribution in [3.63, 3.8) is 0 Å². The molecule has 2 aromatic heterocycles. The maximum absolute atomic E-state index is 5.98. The number of nitrogens with two attached hydrogens (primary N) is 1. The minimum Gasteiger partial charge on any atom is -0.393 e. The van der Waals surface area contributed by atoms with Gasteiger partial charge < -0.3 is 16.4 Å². The Morgan fingerprint density at radius 1 is 1.26 bits per heavy atom. The van der Waals surface area contributed by atoms with Crippen LogP contribution in [-0.2, 0) is 0 Å². The topological polar surface area (TPSA) is 88.8 Å². The van der Waals surface area contributed by atoms with Gasteiger partial charge in [0, 0.05) is 17.2 Å². The van der Waals surface area contributed by atoms with Crippen molar-refractivity contribution in [1.29, 1.82) is 0 Å². The third kappa shape index (κ3) is 3.41. The maximum atomic E-state index is 5.98. The largest absolute Gasteiger partial charge is 0.393 e. The molecule has 0 aliphatic heterocycles. The lowest BCUT2D eigenvalue weighted by atomic mass is 10.4. The van der Waals surface area contributed by atoms with E-state index < -0.39 is 0 Å². The predicted molar refractivity (Wildman–Crippen MR) is 80.4 cm³/mol. The molecule has 0 aliphatic rings. The van der Waals surface area contributed by atoms with Gasteiger partial charge in [0.1, 0.15) is 17.8 Å². The quantitative estimate of drug-likeness (QED) is 0.734. The first-order chi connectivity index (χ1) is 9.20. The van der Waals surface area contributed by atoms with Gasteiger partial charge in [-0.3, -0.25) is 0 Å². The normalized spacial score (nSPS) is 9.95. The summed E-state index contributed by atoms with van der Waals surface area (Å²) in [7, 11) is 0. The predicted octanol–water partition coefficient (Wildman–Crippen LogP) is 2.56. The van der Waals surface area contributed by atoms with Gasteiger partial charge in [-0.15, -0.1) is 6.58 Å². The van der Waals surface area contributed by atoms with Crippen molar-refractivity contribution in [1.82, 2.24) is 15.0 Å². The summed E-state index contributed by atoms with van der Waals surface area (Å²) in [5, 5.41) is 6.08. The van der Waals surface area contributed by atoms with Crippen molar-refractivity contribution < 1.29 is 0 Å². The Bertz CT molecular complexity index is 569. The van der Waals surface area contributed by atoms with Crippen LogP contribution in [0.3, 0.4) is 0 Å². The molecule has 19 heavy (non-hydrogen) atoms. The average molecular weight is 321 g/mol. The highest BCUT2D eigenvalue weighted by atomic mass is 79.9. The first kappa shape index (κ1) is 13.3. The van der Waals surface area contributed by atoms with E-state index in [2.05, 4.69) is 48.1 Å². The van der Waals surface area contributed by atoms with Crippen LogP contribution in [0.1, 0.15) is 0 Å². The van der Waals surface area contributed by atoms with Crippen molar-refractivity contribution in [2.45, 2.75) is 0 Å². The van der Waals surface area contributed by atoms with Gasteiger partial charge >= 0.3 is 0 Å². The molecule has 0 unspecified atom stereocenters. The molecule has 0 fully saturated rings. The molecule has 2 rings (SSSR count). The molecule has 0 radical (unpaired) electrons. The fraction of sp³-hybridized carbons (Fsp3) is 0.0833. The highest BCUT2D eigenvalue weighted by Crippen LogP contribution is 2.25. The summed E-state index contributed by atoms with van der Waals surface area (Å²) in [6.07, 6.45) is 4.85. The minimum atomic E-state index is 0.439. The van der Waals surface area contributed by atoms with E-state index in [0.29, 0.717) is 29.7 Å². The monoisotopic (exact) mass is 320 g/mol. The van der Waals surface area contributed by atoms with Crippen molar-refractivity contribution in [3.8, 4) is 0 Å². The van der Waals surface area contributed by atoms with Gasteiger partial charge in [-0.05, 0) is 28.1 Å². The van der Waals surface area contributed by atoms with E-state index in [0.717, 1.165) is 4.47 Å². The van der Waals surface area contributed by atoms with Crippen molar-refractivity contribution in [2.75, 3.05) is 22.9 Å². The molecule has 2 heterocycles. The van der Waals surface area contributed by atoms with Gasteiger partial charge in [0.05, 0.1) is 0 Å². The van der Waals surface area contributed by atoms with E-state index in [9.17, 15) is 0 Å². The van der Waals surface area contributed by atoms with Crippen LogP contribution < -0.4 is 16.4 Å². The summed E-state index contributed by atoms with van der Waals surface area (Å²) in [4.78, 5) is 12.4. The number of nitrogens with one attached hydrogen (secondary N) is 2. The Labute approximate surface area is 119 Å². The zero-order chi connectivity index (χ0) is 13.7. The summed E-state index contributed by atoms with van der Waals surface area (Å²) < 4.78 is 0.905. The van der Waals surface area contributed by atoms with E-state index >= 15 is 0 Å². The molecule has 2 aromatic rings. The van der Waals surface area contributed by atoms with Crippen LogP contribution in [0.5, 0.6) is 0 Å². The lowest BCUT2D eigenvalue weighted by Gasteiger charge is -2.11. The third-order valence-corrected chi connectivity index (χ3v) is 2.74. The van der Waals surface area contributed by atoms with Gasteiger partial charge in [0.25, 0.3) is 0 Å². The van der Waals surface area contributed by atoms with E-state index in [-0.39, 0.29) is 0 Å². The second-order valence-corrected chi connectivity index (χ2v) is 4.56. The van der Waals surface area contributed by atoms with Crippen LogP contribution in [0.25, 0.3) is 0 Å². The highest BCUT2D eigenvalue weighted by Gasteiger charge is 2.07. The summed E-state index contributed by atoms with van der Waals surface area (Å²) in [5.41, 5.74) is 6.42. The molecule has 0 atom stereocenters. The molecule has 0 amide bonds. The van der Waals surface area contributed by atoms with Crippen LogP contribution in [-0.4, -0.2) is 21.5 Å². The van der Waals surface area contributed by atoms with Crippen molar-refractivity contribution in [2.24, 2.45) is 0 Å². The number of anilines is 4. The fourth-order valence-corrected chi connectivity index (χ4v) is 1.61. The zero-order valence-corrected chi connectivity index (χ0v) is 11.7. The van der Waals surface area contributed by atoms with E-state index in [1.54, 1.807) is 12.3 Å². The number of hydrogen-bond acceptors (Lipinski definition) is 6. The van der Waals surface area contributed by atoms with Gasteiger partial charge in [-0.1, -0.05) is 6.08 Å². The Hall–Kier alpha value is -2.15. The highest BCUT2D eigenvalue weighted by molar-refractivity contribution is 9.10. The number of pyridine rings is 1. The van der Waals surface area contributed by atoms with Gasteiger partial charge in [-0.25, -0.2) is 15.0 Å². The first-order valence-corrected chi connectivity index (χ1v) is 6.34. The van der Waals surface area contributed by atoms with Crippen LogP contribution in [0.2, 0.25) is 0 Å². The van der Waals surface area contributed by atoms with Crippen LogP contribution in [0, 0.1) is 0 Å². The molecule has 7 heteroatoms. The molecule has 98 valence electrons. The number of halogens is 1. The number of rotatable bonds is 5. The minimum absolute atomic E-state index is 0.439. The number of nitrogen functional groups attached to an aromatic ring is 1. The number of nitrogens with zero attached hydrogens (tertiary/aromatic N) is 3. The summed E-state index contributed by atoms with van der Waals surface area (Å²) in [6.45, 7) is 4.21. The van der Waals surface area contributed by atoms with Crippen LogP contribution >= 0.6 is 15.9 Å². The van der Waals surface area contributed by atoms with E-state index in [1.165, 1.54) is 6.33 Å². The Kier molecular flexibility index (Phi) is 4.30. The summed E-state index contributed by atoms with van der Waals surface area (Å²) in [6, 6.07) is 3.70. The Balaban J connectivity index is 2.20. The Morgan fingerprint density at radius 2 is 2.05 bits per heavy atom. The molecule has 6 nitrogen and oxygen atoms in total. The summed E-state index contributed by atoms with van der Waals surface area (Å²) in [5.74, 6) is 1.73. The molecular formula is C12H13BrN6. The van der Waals surface area contributed by atoms with Gasteiger partial charge in [-0.2, -0.15) is 0 Å². The average Bonchev–Trinajstić information content (AvgIpc) is 2.42. The van der Waals surface area contributed by atoms with Crippen molar-refractivity contribution in [3.05, 3.63) is 41.8 Å². The van der Waals surface area contributed by atoms with E-state index in [4.69, 9.17) is 5.73 Å². The third-order valence-electron chi connectivity index (χ3n) is 2.27. The smallest absolute Gasteiger partial charge is 0.160 e. The molecule has 4 N–H and O–H groups in total. The van der Waals surface area contributed by atoms with Crippen LogP contribution in [0.15, 0.2) is 41.8 Å². The zero-order valence-electron chi connectivity index (χ0n) is 10.1. The molecule has 0 aliphatic carbocycles. The molecule has 0 aromatic carbocycles. The van der Waals surface area contributed by atoms with Gasteiger partial charge in [0.15, 0.2) is 11.6 Å². The first-order valence-electron chi connectivity index (χ1n) is 5.54. The summed E-state index contributed by atoms with van der Waals surface area (Å²) >= 11 is 3.33. The van der Waals surface area contributed by atoms with Gasteiger partial charge in [0.2, 0.25) is 0 Å². The van der Waals surface area contributed by atoms with Crippen molar-refractivity contribution >= 4 is 39.1 Å². The second-order valence-electron chi connectivity index (χ2n) is 3.64. The fourth-order valence-electron chi connectivity index (χ4n) is 1.38. The molecule has 0 saturated carbocycles.